The highest BCUT2D eigenvalue weighted by molar-refractivity contribution is 5.88. The van der Waals surface area contributed by atoms with E-state index in [0.717, 1.165) is 5.69 Å². The van der Waals surface area contributed by atoms with Crippen molar-refractivity contribution in [3.05, 3.63) is 35.7 Å². The molecule has 0 aliphatic rings. The quantitative estimate of drug-likeness (QED) is 0.736. The monoisotopic (exact) mass is 247 g/mol. The van der Waals surface area contributed by atoms with Crippen molar-refractivity contribution in [2.45, 2.75) is 20.4 Å². The van der Waals surface area contributed by atoms with Crippen molar-refractivity contribution in [1.29, 1.82) is 0 Å². The van der Waals surface area contributed by atoms with Crippen LogP contribution in [0, 0.1) is 6.92 Å². The van der Waals surface area contributed by atoms with Gasteiger partial charge >= 0.3 is 5.97 Å². The molecule has 94 valence electrons. The largest absolute Gasteiger partial charge is 0.461 e. The first-order valence-electron chi connectivity index (χ1n) is 5.54. The van der Waals surface area contributed by atoms with Crippen molar-refractivity contribution in [2.24, 2.45) is 0 Å². The van der Waals surface area contributed by atoms with Crippen LogP contribution in [0.5, 0.6) is 0 Å². The third kappa shape index (κ3) is 2.50. The Kier molecular flexibility index (Phi) is 3.61. The zero-order valence-electron chi connectivity index (χ0n) is 10.2. The van der Waals surface area contributed by atoms with Crippen LogP contribution in [0.25, 0.3) is 0 Å². The van der Waals surface area contributed by atoms with Crippen LogP contribution in [0.4, 0.5) is 0 Å². The molecule has 0 aliphatic heterocycles. The molecule has 2 rings (SSSR count). The molecule has 0 fully saturated rings. The molecule has 0 unspecified atom stereocenters. The second kappa shape index (κ2) is 5.35. The molecule has 0 saturated heterocycles. The van der Waals surface area contributed by atoms with Gasteiger partial charge in [0.05, 0.1) is 30.7 Å². The van der Waals surface area contributed by atoms with Gasteiger partial charge < -0.3 is 4.74 Å². The van der Waals surface area contributed by atoms with Crippen molar-refractivity contribution in [3.63, 3.8) is 0 Å². The number of nitrogens with zero attached hydrogens (tertiary/aromatic N) is 5. The van der Waals surface area contributed by atoms with Gasteiger partial charge in [0.15, 0.2) is 5.69 Å². The molecule has 18 heavy (non-hydrogen) atoms. The van der Waals surface area contributed by atoms with E-state index in [1.54, 1.807) is 37.1 Å². The van der Waals surface area contributed by atoms with Gasteiger partial charge in [0.2, 0.25) is 0 Å². The molecule has 0 aliphatic carbocycles. The summed E-state index contributed by atoms with van der Waals surface area (Å²) in [4.78, 5) is 19.7. The number of hydrogen-bond donors (Lipinski definition) is 0. The van der Waals surface area contributed by atoms with Crippen molar-refractivity contribution in [1.82, 2.24) is 25.0 Å². The van der Waals surface area contributed by atoms with Crippen LogP contribution < -0.4 is 0 Å². The molecule has 7 heteroatoms. The lowest BCUT2D eigenvalue weighted by molar-refractivity contribution is 0.0518. The van der Waals surface area contributed by atoms with E-state index in [2.05, 4.69) is 20.3 Å². The average Bonchev–Trinajstić information content (AvgIpc) is 2.73. The Labute approximate surface area is 104 Å². The Morgan fingerprint density at radius 1 is 1.44 bits per heavy atom. The molecule has 0 amide bonds. The third-order valence-corrected chi connectivity index (χ3v) is 2.38. The maximum atomic E-state index is 11.6. The summed E-state index contributed by atoms with van der Waals surface area (Å²) in [6, 6.07) is 0. The minimum atomic E-state index is -0.458. The van der Waals surface area contributed by atoms with Crippen molar-refractivity contribution >= 4 is 5.97 Å². The van der Waals surface area contributed by atoms with Gasteiger partial charge in [-0.05, 0) is 13.8 Å². The highest BCUT2D eigenvalue weighted by Crippen LogP contribution is 2.07. The average molecular weight is 247 g/mol. The van der Waals surface area contributed by atoms with Crippen LogP contribution in [0.1, 0.15) is 28.8 Å². The maximum Gasteiger partial charge on any atom is 0.360 e. The fourth-order valence-electron chi connectivity index (χ4n) is 1.46. The number of ether oxygens (including phenoxy) is 1. The zero-order valence-corrected chi connectivity index (χ0v) is 10.2. The van der Waals surface area contributed by atoms with Crippen molar-refractivity contribution in [2.75, 3.05) is 6.61 Å². The third-order valence-electron chi connectivity index (χ3n) is 2.38. The van der Waals surface area contributed by atoms with Gasteiger partial charge in [-0.25, -0.2) is 9.48 Å². The lowest BCUT2D eigenvalue weighted by Gasteiger charge is -2.02. The molecule has 0 saturated carbocycles. The van der Waals surface area contributed by atoms with E-state index < -0.39 is 5.97 Å². The Balaban J connectivity index is 2.18. The molecule has 0 spiro atoms. The van der Waals surface area contributed by atoms with Gasteiger partial charge in [-0.3, -0.25) is 9.97 Å². The highest BCUT2D eigenvalue weighted by Gasteiger charge is 2.17. The highest BCUT2D eigenvalue weighted by atomic mass is 16.5. The first-order valence-corrected chi connectivity index (χ1v) is 5.54. The Morgan fingerprint density at radius 3 is 2.94 bits per heavy atom. The molecular formula is C11H13N5O2. The summed E-state index contributed by atoms with van der Waals surface area (Å²) < 4.78 is 6.48. The molecule has 0 atom stereocenters. The van der Waals surface area contributed by atoms with Crippen LogP contribution in [-0.2, 0) is 11.3 Å². The standard InChI is InChI=1S/C11H13N5O2/c1-3-18-11(17)10-8(2)16(15-14-10)7-9-6-12-4-5-13-9/h4-6H,3,7H2,1-2H3. The summed E-state index contributed by atoms with van der Waals surface area (Å²) in [7, 11) is 0. The number of carbonyl (C=O) groups excluding carboxylic acids is 1. The summed E-state index contributed by atoms with van der Waals surface area (Å²) >= 11 is 0. The van der Waals surface area contributed by atoms with Crippen LogP contribution in [-0.4, -0.2) is 37.5 Å². The predicted molar refractivity (Wildman–Crippen MR) is 61.8 cm³/mol. The lowest BCUT2D eigenvalue weighted by atomic mass is 10.3. The first-order chi connectivity index (χ1) is 8.72. The van der Waals surface area contributed by atoms with E-state index in [-0.39, 0.29) is 5.69 Å². The maximum absolute atomic E-state index is 11.6. The minimum Gasteiger partial charge on any atom is -0.461 e. The van der Waals surface area contributed by atoms with E-state index in [4.69, 9.17) is 4.74 Å². The Morgan fingerprint density at radius 2 is 2.28 bits per heavy atom. The molecule has 2 heterocycles. The van der Waals surface area contributed by atoms with Crippen LogP contribution in [0.3, 0.4) is 0 Å². The zero-order chi connectivity index (χ0) is 13.0. The molecule has 0 N–H and O–H groups in total. The second-order valence-electron chi connectivity index (χ2n) is 3.60. The summed E-state index contributed by atoms with van der Waals surface area (Å²) in [5.74, 6) is -0.458. The van der Waals surface area contributed by atoms with Crippen LogP contribution in [0.2, 0.25) is 0 Å². The smallest absolute Gasteiger partial charge is 0.360 e. The van der Waals surface area contributed by atoms with Crippen molar-refractivity contribution in [3.8, 4) is 0 Å². The fourth-order valence-corrected chi connectivity index (χ4v) is 1.46. The number of rotatable bonds is 4. The van der Waals surface area contributed by atoms with Crippen LogP contribution >= 0.6 is 0 Å². The number of carbonyl (C=O) groups is 1. The van der Waals surface area contributed by atoms with Gasteiger partial charge in [0.25, 0.3) is 0 Å². The minimum absolute atomic E-state index is 0.237. The molecular weight excluding hydrogens is 234 g/mol. The van der Waals surface area contributed by atoms with Gasteiger partial charge in [-0.2, -0.15) is 0 Å². The Hall–Kier alpha value is -2.31. The molecule has 2 aromatic rings. The van der Waals surface area contributed by atoms with E-state index in [0.29, 0.717) is 18.8 Å². The predicted octanol–water partition coefficient (Wildman–Crippen LogP) is 0.602. The first kappa shape index (κ1) is 12.2. The van der Waals surface area contributed by atoms with Crippen LogP contribution in [0.15, 0.2) is 18.6 Å². The SMILES string of the molecule is CCOC(=O)c1nnn(Cc2cnccn2)c1C. The molecule has 0 radical (unpaired) electrons. The van der Waals surface area contributed by atoms with E-state index in [1.807, 2.05) is 0 Å². The van der Waals surface area contributed by atoms with Gasteiger partial charge in [0, 0.05) is 12.4 Å². The number of hydrogen-bond acceptors (Lipinski definition) is 6. The summed E-state index contributed by atoms with van der Waals surface area (Å²) in [5.41, 5.74) is 1.64. The van der Waals surface area contributed by atoms with Crippen molar-refractivity contribution < 1.29 is 9.53 Å². The molecule has 2 aromatic heterocycles. The number of esters is 1. The lowest BCUT2D eigenvalue weighted by Crippen LogP contribution is -2.09. The topological polar surface area (TPSA) is 82.8 Å². The normalized spacial score (nSPS) is 10.3. The van der Waals surface area contributed by atoms with Gasteiger partial charge in [-0.1, -0.05) is 5.21 Å². The summed E-state index contributed by atoms with van der Waals surface area (Å²) in [6.07, 6.45) is 4.85. The van der Waals surface area contributed by atoms with Gasteiger partial charge in [-0.15, -0.1) is 5.10 Å². The Bertz CT molecular complexity index is 538. The fraction of sp³-hybridized carbons (Fsp3) is 0.364. The van der Waals surface area contributed by atoms with Gasteiger partial charge in [0.1, 0.15) is 0 Å². The van der Waals surface area contributed by atoms with E-state index >= 15 is 0 Å². The summed E-state index contributed by atoms with van der Waals surface area (Å²) in [5, 5.41) is 7.73. The van der Waals surface area contributed by atoms with E-state index in [9.17, 15) is 4.79 Å². The molecule has 0 bridgehead atoms. The second-order valence-corrected chi connectivity index (χ2v) is 3.60. The number of aromatic nitrogens is 5. The van der Waals surface area contributed by atoms with E-state index in [1.165, 1.54) is 0 Å². The molecule has 0 aromatic carbocycles. The molecule has 7 nitrogen and oxygen atoms in total. The summed E-state index contributed by atoms with van der Waals surface area (Å²) in [6.45, 7) is 4.25.